The van der Waals surface area contributed by atoms with E-state index in [4.69, 9.17) is 19.4 Å². The number of furan rings is 1. The third-order valence-electron chi connectivity index (χ3n) is 12.2. The van der Waals surface area contributed by atoms with E-state index in [0.29, 0.717) is 17.6 Å². The predicted octanol–water partition coefficient (Wildman–Crippen LogP) is 14.1. The van der Waals surface area contributed by atoms with Gasteiger partial charge in [-0.1, -0.05) is 164 Å². The highest BCUT2D eigenvalue weighted by Gasteiger charge is 2.24. The molecule has 0 spiro atoms. The second-order valence-electron chi connectivity index (χ2n) is 15.6. The molecule has 0 radical (unpaired) electrons. The first kappa shape index (κ1) is 33.6. The highest BCUT2D eigenvalue weighted by Crippen LogP contribution is 2.44. The molecule has 13 rings (SSSR count). The minimum Gasteiger partial charge on any atom is -0.452 e. The van der Waals surface area contributed by atoms with Crippen LogP contribution in [-0.4, -0.2) is 24.1 Å². The smallest absolute Gasteiger partial charge is 0.238 e. The molecule has 0 bridgehead atoms. The Morgan fingerprint density at radius 2 is 0.803 bits per heavy atom. The van der Waals surface area contributed by atoms with Crippen LogP contribution in [0.3, 0.4) is 0 Å². The first-order chi connectivity index (χ1) is 30.2. The van der Waals surface area contributed by atoms with Gasteiger partial charge in [0.1, 0.15) is 5.52 Å². The fraction of sp³-hybridized carbons (Fsp3) is 0. The van der Waals surface area contributed by atoms with E-state index in [1.165, 1.54) is 16.2 Å². The van der Waals surface area contributed by atoms with Gasteiger partial charge in [-0.15, -0.1) is 0 Å². The van der Waals surface area contributed by atoms with Crippen molar-refractivity contribution in [2.24, 2.45) is 0 Å². The third kappa shape index (κ3) is 5.12. The Labute approximate surface area is 349 Å². The van der Waals surface area contributed by atoms with Crippen LogP contribution in [0.25, 0.3) is 122 Å². The minimum atomic E-state index is 0.519. The van der Waals surface area contributed by atoms with E-state index < -0.39 is 0 Å². The molecule has 4 heterocycles. The van der Waals surface area contributed by atoms with Crippen molar-refractivity contribution in [1.82, 2.24) is 24.1 Å². The summed E-state index contributed by atoms with van der Waals surface area (Å²) in [7, 11) is 0. The Hall–Kier alpha value is -8.35. The Morgan fingerprint density at radius 1 is 0.328 bits per heavy atom. The molecule has 6 heteroatoms. The van der Waals surface area contributed by atoms with Gasteiger partial charge in [-0.3, -0.25) is 4.57 Å². The van der Waals surface area contributed by atoms with Crippen LogP contribution in [0, 0.1) is 0 Å². The fourth-order valence-electron chi connectivity index (χ4n) is 9.33. The highest BCUT2D eigenvalue weighted by molar-refractivity contribution is 6.26. The molecule has 0 aliphatic carbocycles. The summed E-state index contributed by atoms with van der Waals surface area (Å²) in [6.45, 7) is 0. The number of hydrogen-bond donors (Lipinski definition) is 0. The summed E-state index contributed by atoms with van der Waals surface area (Å²) < 4.78 is 11.9. The lowest BCUT2D eigenvalue weighted by molar-refractivity contribution is 0.673. The average molecular weight is 780 g/mol. The Bertz CT molecular complexity index is 3860. The molecule has 13 aromatic rings. The lowest BCUT2D eigenvalue weighted by Gasteiger charge is -2.11. The monoisotopic (exact) mass is 779 g/mol. The Balaban J connectivity index is 1.10. The fourth-order valence-corrected chi connectivity index (χ4v) is 9.33. The summed E-state index contributed by atoms with van der Waals surface area (Å²) in [6.07, 6.45) is 0. The van der Waals surface area contributed by atoms with Crippen LogP contribution in [-0.2, 0) is 0 Å². The molecule has 0 aliphatic rings. The molecule has 0 saturated carbocycles. The average Bonchev–Trinajstić information content (AvgIpc) is 4.00. The van der Waals surface area contributed by atoms with Crippen molar-refractivity contribution < 1.29 is 4.42 Å². The zero-order valence-electron chi connectivity index (χ0n) is 32.7. The molecule has 0 amide bonds. The Morgan fingerprint density at radius 3 is 1.46 bits per heavy atom. The summed E-state index contributed by atoms with van der Waals surface area (Å²) in [5, 5.41) is 8.93. The van der Waals surface area contributed by atoms with Gasteiger partial charge in [0.25, 0.3) is 0 Å². The number of aromatic nitrogens is 5. The van der Waals surface area contributed by atoms with E-state index >= 15 is 0 Å². The minimum absolute atomic E-state index is 0.519. The number of rotatable bonds is 5. The maximum Gasteiger partial charge on any atom is 0.238 e. The van der Waals surface area contributed by atoms with Gasteiger partial charge in [-0.2, -0.15) is 9.97 Å². The van der Waals surface area contributed by atoms with E-state index in [0.717, 1.165) is 88.1 Å². The van der Waals surface area contributed by atoms with Crippen molar-refractivity contribution >= 4 is 76.3 Å². The maximum absolute atomic E-state index is 7.32. The van der Waals surface area contributed by atoms with Crippen LogP contribution in [0.4, 0.5) is 0 Å². The van der Waals surface area contributed by atoms with E-state index in [1.807, 2.05) is 36.4 Å². The topological polar surface area (TPSA) is 61.7 Å². The number of nitrogens with zero attached hydrogens (tertiary/aromatic N) is 5. The highest BCUT2D eigenvalue weighted by atomic mass is 16.3. The molecule has 61 heavy (non-hydrogen) atoms. The van der Waals surface area contributed by atoms with Crippen molar-refractivity contribution in [3.05, 3.63) is 200 Å². The van der Waals surface area contributed by atoms with Gasteiger partial charge < -0.3 is 8.98 Å². The van der Waals surface area contributed by atoms with E-state index in [1.54, 1.807) is 0 Å². The normalized spacial score (nSPS) is 11.9. The molecule has 9 aromatic carbocycles. The van der Waals surface area contributed by atoms with E-state index in [2.05, 4.69) is 173 Å². The zero-order chi connectivity index (χ0) is 40.0. The molecular weight excluding hydrogens is 747 g/mol. The third-order valence-corrected chi connectivity index (χ3v) is 12.2. The maximum atomic E-state index is 7.32. The lowest BCUT2D eigenvalue weighted by Crippen LogP contribution is -2.06. The lowest BCUT2D eigenvalue weighted by atomic mass is 10.0. The van der Waals surface area contributed by atoms with Crippen LogP contribution < -0.4 is 0 Å². The second-order valence-corrected chi connectivity index (χ2v) is 15.6. The number of benzene rings is 9. The van der Waals surface area contributed by atoms with Crippen molar-refractivity contribution in [2.45, 2.75) is 0 Å². The van der Waals surface area contributed by atoms with Gasteiger partial charge >= 0.3 is 0 Å². The van der Waals surface area contributed by atoms with Gasteiger partial charge in [-0.05, 0) is 58.3 Å². The molecule has 0 aliphatic heterocycles. The predicted molar refractivity (Wildman–Crippen MR) is 250 cm³/mol. The summed E-state index contributed by atoms with van der Waals surface area (Å²) >= 11 is 0. The van der Waals surface area contributed by atoms with Gasteiger partial charge in [0.2, 0.25) is 5.95 Å². The van der Waals surface area contributed by atoms with Crippen LogP contribution in [0.1, 0.15) is 0 Å². The first-order valence-corrected chi connectivity index (χ1v) is 20.5. The number of hydrogen-bond acceptors (Lipinski definition) is 4. The van der Waals surface area contributed by atoms with Crippen LogP contribution in [0.15, 0.2) is 205 Å². The quantitative estimate of drug-likeness (QED) is 0.175. The summed E-state index contributed by atoms with van der Waals surface area (Å²) in [5.74, 6) is 1.70. The molecule has 0 fully saturated rings. The summed E-state index contributed by atoms with van der Waals surface area (Å²) in [6, 6.07) is 70.2. The SMILES string of the molecule is c1ccc(-c2ccc(-c3nc(-c4ccccc4)nc(-n4c5ccccc5c5ccc6c7ccc8c9ccccc9n(-c9ccc%10ccccc%10c9)c8c7oc6c54)n3)cc2)cc1. The van der Waals surface area contributed by atoms with Crippen molar-refractivity contribution in [3.63, 3.8) is 0 Å². The van der Waals surface area contributed by atoms with Gasteiger partial charge in [0.05, 0.1) is 16.6 Å². The van der Waals surface area contributed by atoms with Crippen LogP contribution in [0.2, 0.25) is 0 Å². The van der Waals surface area contributed by atoms with E-state index in [-0.39, 0.29) is 0 Å². The number of fused-ring (bicyclic) bond motifs is 12. The van der Waals surface area contributed by atoms with Gasteiger partial charge in [-0.25, -0.2) is 4.98 Å². The van der Waals surface area contributed by atoms with Gasteiger partial charge in [0, 0.05) is 49.1 Å². The molecule has 0 N–H and O–H groups in total. The standard InChI is InChI=1S/C55H33N5O/c1-3-13-34(14-4-1)36-23-25-38(26-24-36)54-56-53(37-16-5-2-6-17-37)57-55(58-54)60-48-22-12-10-20-42(48)44-30-32-46-45-31-29-43-41-19-9-11-21-47(41)59(49(43)51(45)61-52(46)50(44)60)40-28-27-35-15-7-8-18-39(35)33-40/h1-33H. The number of para-hydroxylation sites is 2. The van der Waals surface area contributed by atoms with Crippen molar-refractivity contribution in [1.29, 1.82) is 0 Å². The summed E-state index contributed by atoms with van der Waals surface area (Å²) in [5.41, 5.74) is 10.9. The largest absolute Gasteiger partial charge is 0.452 e. The molecule has 0 saturated heterocycles. The summed E-state index contributed by atoms with van der Waals surface area (Å²) in [4.78, 5) is 15.6. The van der Waals surface area contributed by atoms with Crippen molar-refractivity contribution in [2.75, 3.05) is 0 Å². The zero-order valence-corrected chi connectivity index (χ0v) is 32.7. The Kier molecular flexibility index (Phi) is 7.21. The molecular formula is C55H33N5O. The van der Waals surface area contributed by atoms with Crippen LogP contribution in [0.5, 0.6) is 0 Å². The molecule has 0 atom stereocenters. The molecule has 0 unspecified atom stereocenters. The van der Waals surface area contributed by atoms with Crippen LogP contribution >= 0.6 is 0 Å². The van der Waals surface area contributed by atoms with Gasteiger partial charge in [0.15, 0.2) is 22.8 Å². The van der Waals surface area contributed by atoms with E-state index in [9.17, 15) is 0 Å². The first-order valence-electron chi connectivity index (χ1n) is 20.5. The van der Waals surface area contributed by atoms with Crippen molar-refractivity contribution in [3.8, 4) is 45.5 Å². The molecule has 4 aromatic heterocycles. The molecule has 284 valence electrons. The molecule has 6 nitrogen and oxygen atoms in total. The second kappa shape index (κ2) is 13.1.